The summed E-state index contributed by atoms with van der Waals surface area (Å²) < 4.78 is 16.8. The molecular formula is C31H52N2O12. The Labute approximate surface area is 263 Å². The number of carbonyl (C=O) groups is 2. The SMILES string of the molecule is CCCCCCCCCCOc1c(NCCCCCO[C@]2(C(=O)O)C[C@H](O)[C@@H](NC(=O)CC)[C@H]([C@H](O)[C@H](O)CO)O2)c(=O)c1=O. The van der Waals surface area contributed by atoms with E-state index < -0.39 is 72.0 Å². The predicted octanol–water partition coefficient (Wildman–Crippen LogP) is 0.941. The molecule has 0 spiro atoms. The Morgan fingerprint density at radius 2 is 1.58 bits per heavy atom. The third-order valence-electron chi connectivity index (χ3n) is 8.03. The lowest BCUT2D eigenvalue weighted by Crippen LogP contribution is -2.68. The van der Waals surface area contributed by atoms with Crippen molar-refractivity contribution in [3.05, 3.63) is 20.4 Å². The highest BCUT2D eigenvalue weighted by atomic mass is 16.7. The van der Waals surface area contributed by atoms with Gasteiger partial charge in [-0.3, -0.25) is 14.4 Å². The van der Waals surface area contributed by atoms with E-state index in [-0.39, 0.29) is 24.5 Å². The largest absolute Gasteiger partial charge is 0.487 e. The van der Waals surface area contributed by atoms with Crippen LogP contribution in [0.2, 0.25) is 0 Å². The van der Waals surface area contributed by atoms with E-state index in [1.165, 1.54) is 32.1 Å². The molecule has 258 valence electrons. The predicted molar refractivity (Wildman–Crippen MR) is 165 cm³/mol. The smallest absolute Gasteiger partial charge is 0.364 e. The van der Waals surface area contributed by atoms with Crippen molar-refractivity contribution in [3.8, 4) is 5.75 Å². The maximum Gasteiger partial charge on any atom is 0.364 e. The van der Waals surface area contributed by atoms with Gasteiger partial charge in [0.05, 0.1) is 32.0 Å². The van der Waals surface area contributed by atoms with Gasteiger partial charge in [-0.25, -0.2) is 4.79 Å². The quantitative estimate of drug-likeness (QED) is 0.0616. The first-order chi connectivity index (χ1) is 21.5. The molecule has 0 aromatic heterocycles. The van der Waals surface area contributed by atoms with E-state index in [1.54, 1.807) is 6.92 Å². The molecule has 1 saturated heterocycles. The number of ether oxygens (including phenoxy) is 3. The average molecular weight is 645 g/mol. The number of hydrogen-bond donors (Lipinski definition) is 7. The molecule has 6 atom stereocenters. The fourth-order valence-corrected chi connectivity index (χ4v) is 5.26. The number of unbranched alkanes of at least 4 members (excludes halogenated alkanes) is 9. The Bertz CT molecular complexity index is 1110. The number of anilines is 1. The Balaban J connectivity index is 1.80. The number of rotatable bonds is 24. The number of amides is 1. The first-order valence-corrected chi connectivity index (χ1v) is 16.2. The Kier molecular flexibility index (Phi) is 17.0. The number of hydrogen-bond acceptors (Lipinski definition) is 12. The summed E-state index contributed by atoms with van der Waals surface area (Å²) in [5.41, 5.74) is -1.08. The van der Waals surface area contributed by atoms with Crippen LogP contribution >= 0.6 is 0 Å². The summed E-state index contributed by atoms with van der Waals surface area (Å²) in [4.78, 5) is 48.2. The minimum Gasteiger partial charge on any atom is -0.487 e. The Morgan fingerprint density at radius 3 is 2.20 bits per heavy atom. The van der Waals surface area contributed by atoms with Crippen LogP contribution in [0.1, 0.15) is 97.3 Å². The summed E-state index contributed by atoms with van der Waals surface area (Å²) in [7, 11) is 0. The molecule has 45 heavy (non-hydrogen) atoms. The summed E-state index contributed by atoms with van der Waals surface area (Å²) >= 11 is 0. The molecular weight excluding hydrogens is 592 g/mol. The van der Waals surface area contributed by atoms with Crippen LogP contribution in [0, 0.1) is 0 Å². The zero-order chi connectivity index (χ0) is 33.4. The van der Waals surface area contributed by atoms with Crippen molar-refractivity contribution < 1.29 is 49.3 Å². The zero-order valence-corrected chi connectivity index (χ0v) is 26.5. The van der Waals surface area contributed by atoms with E-state index >= 15 is 0 Å². The van der Waals surface area contributed by atoms with Crippen molar-refractivity contribution in [1.82, 2.24) is 5.32 Å². The monoisotopic (exact) mass is 644 g/mol. The highest BCUT2D eigenvalue weighted by Crippen LogP contribution is 2.34. The molecule has 0 saturated carbocycles. The van der Waals surface area contributed by atoms with E-state index in [0.29, 0.717) is 32.4 Å². The van der Waals surface area contributed by atoms with Crippen molar-refractivity contribution >= 4 is 17.6 Å². The molecule has 2 rings (SSSR count). The van der Waals surface area contributed by atoms with E-state index in [1.807, 2.05) is 0 Å². The van der Waals surface area contributed by atoms with E-state index in [4.69, 9.17) is 14.2 Å². The number of carboxylic acids is 1. The Morgan fingerprint density at radius 1 is 0.956 bits per heavy atom. The normalized spacial score (nSPS) is 23.0. The van der Waals surface area contributed by atoms with E-state index in [9.17, 15) is 44.7 Å². The molecule has 0 bridgehead atoms. The second-order valence-electron chi connectivity index (χ2n) is 11.6. The van der Waals surface area contributed by atoms with Gasteiger partial charge < -0.3 is 50.4 Å². The fraction of sp³-hybridized carbons (Fsp3) is 0.806. The summed E-state index contributed by atoms with van der Waals surface area (Å²) in [5, 5.41) is 55.9. The molecule has 1 aromatic rings. The molecule has 1 fully saturated rings. The van der Waals surface area contributed by atoms with Crippen molar-refractivity contribution in [2.75, 3.05) is 31.7 Å². The number of nitrogens with one attached hydrogen (secondary N) is 2. The molecule has 14 heteroatoms. The number of carboxylic acid groups (broad SMARTS) is 1. The van der Waals surface area contributed by atoms with Crippen LogP contribution in [-0.2, 0) is 19.1 Å². The van der Waals surface area contributed by atoms with Crippen molar-refractivity contribution in [2.24, 2.45) is 0 Å². The van der Waals surface area contributed by atoms with Crippen LogP contribution < -0.4 is 26.2 Å². The number of aliphatic hydroxyl groups excluding tert-OH is 4. The Hall–Kier alpha value is -2.62. The maximum atomic E-state index is 12.2. The van der Waals surface area contributed by atoms with Gasteiger partial charge in [0.1, 0.15) is 24.0 Å². The van der Waals surface area contributed by atoms with E-state index in [2.05, 4.69) is 17.6 Å². The molecule has 14 nitrogen and oxygen atoms in total. The molecule has 0 aliphatic carbocycles. The summed E-state index contributed by atoms with van der Waals surface area (Å²) in [6.07, 6.45) is 3.31. The first kappa shape index (κ1) is 38.6. The van der Waals surface area contributed by atoms with Crippen molar-refractivity contribution in [1.29, 1.82) is 0 Å². The molecule has 1 aliphatic heterocycles. The topological polar surface area (TPSA) is 221 Å². The minimum absolute atomic E-state index is 0.0411. The van der Waals surface area contributed by atoms with Gasteiger partial charge in [-0.05, 0) is 25.7 Å². The van der Waals surface area contributed by atoms with Crippen LogP contribution in [0.3, 0.4) is 0 Å². The summed E-state index contributed by atoms with van der Waals surface area (Å²) in [5.74, 6) is -4.38. The minimum atomic E-state index is -2.38. The number of carbonyl (C=O) groups excluding carboxylic acids is 1. The fourth-order valence-electron chi connectivity index (χ4n) is 5.26. The van der Waals surface area contributed by atoms with Crippen LogP contribution in [0.5, 0.6) is 5.75 Å². The van der Waals surface area contributed by atoms with Gasteiger partial charge in [0.2, 0.25) is 5.91 Å². The lowest BCUT2D eigenvalue weighted by Gasteiger charge is -2.46. The van der Waals surface area contributed by atoms with Gasteiger partial charge in [-0.2, -0.15) is 0 Å². The third-order valence-corrected chi connectivity index (χ3v) is 8.03. The van der Waals surface area contributed by atoms with Crippen LogP contribution in [0.25, 0.3) is 0 Å². The van der Waals surface area contributed by atoms with Gasteiger partial charge in [-0.15, -0.1) is 0 Å². The maximum absolute atomic E-state index is 12.2. The molecule has 0 radical (unpaired) electrons. The molecule has 0 unspecified atom stereocenters. The first-order valence-electron chi connectivity index (χ1n) is 16.2. The standard InChI is InChI=1S/C31H52N2O12/c1-3-5-6-7-8-9-10-13-16-43-28-24(26(39)27(28)40)32-15-12-11-14-17-44-31(30(41)42)18-20(35)23(33-22(37)4-2)29(45-31)25(38)21(36)19-34/h20-21,23,25,29,32,34-36,38H,3-19H2,1-2H3,(H,33,37)(H,41,42)/t20-,21+,23+,25+,29+,31+/m0/s1. The molecule has 1 heterocycles. The van der Waals surface area contributed by atoms with Crippen molar-refractivity contribution in [2.45, 2.75) is 134 Å². The third kappa shape index (κ3) is 11.3. The van der Waals surface area contributed by atoms with Crippen LogP contribution in [0.4, 0.5) is 5.69 Å². The lowest BCUT2D eigenvalue weighted by molar-refractivity contribution is -0.311. The van der Waals surface area contributed by atoms with Gasteiger partial charge in [-0.1, -0.05) is 58.8 Å². The second kappa shape index (κ2) is 19.8. The lowest BCUT2D eigenvalue weighted by atomic mass is 9.88. The van der Waals surface area contributed by atoms with Gasteiger partial charge in [0.25, 0.3) is 16.6 Å². The highest BCUT2D eigenvalue weighted by molar-refractivity contribution is 5.77. The van der Waals surface area contributed by atoms with Gasteiger partial charge in [0.15, 0.2) is 5.75 Å². The van der Waals surface area contributed by atoms with Crippen molar-refractivity contribution in [3.63, 3.8) is 0 Å². The number of aliphatic carboxylic acids is 1. The molecule has 1 amide bonds. The molecule has 7 N–H and O–H groups in total. The average Bonchev–Trinajstić information content (AvgIpc) is 3.03. The van der Waals surface area contributed by atoms with Crippen LogP contribution in [0.15, 0.2) is 9.59 Å². The molecule has 1 aliphatic rings. The summed E-state index contributed by atoms with van der Waals surface area (Å²) in [6, 6.07) is -1.26. The highest BCUT2D eigenvalue weighted by Gasteiger charge is 2.55. The van der Waals surface area contributed by atoms with Gasteiger partial charge >= 0.3 is 5.97 Å². The van der Waals surface area contributed by atoms with Crippen LogP contribution in [-0.4, -0.2) is 100 Å². The summed E-state index contributed by atoms with van der Waals surface area (Å²) in [6.45, 7) is 3.50. The zero-order valence-electron chi connectivity index (χ0n) is 26.5. The molecule has 1 aromatic carbocycles. The van der Waals surface area contributed by atoms with Gasteiger partial charge in [0, 0.05) is 19.4 Å². The number of aliphatic hydroxyl groups is 4. The van der Waals surface area contributed by atoms with E-state index in [0.717, 1.165) is 19.3 Å². The second-order valence-corrected chi connectivity index (χ2v) is 11.6.